The lowest BCUT2D eigenvalue weighted by Gasteiger charge is -2.14. The van der Waals surface area contributed by atoms with E-state index in [1.54, 1.807) is 19.1 Å². The maximum absolute atomic E-state index is 13.4. The lowest BCUT2D eigenvalue weighted by atomic mass is 10.2. The van der Waals surface area contributed by atoms with Crippen molar-refractivity contribution in [1.29, 1.82) is 0 Å². The van der Waals surface area contributed by atoms with Gasteiger partial charge in [-0.2, -0.15) is 0 Å². The molecule has 112 valence electrons. The quantitative estimate of drug-likeness (QED) is 0.830. The van der Waals surface area contributed by atoms with Crippen LogP contribution in [-0.2, 0) is 0 Å². The van der Waals surface area contributed by atoms with Gasteiger partial charge in [0.1, 0.15) is 24.3 Å². The van der Waals surface area contributed by atoms with Crippen molar-refractivity contribution in [3.63, 3.8) is 0 Å². The highest BCUT2D eigenvalue weighted by molar-refractivity contribution is 9.10. The SMILES string of the molecule is Cc1ccc(NCC(O)COc2ccc(Br)cc2)cc1F. The number of halogens is 2. The van der Waals surface area contributed by atoms with E-state index in [4.69, 9.17) is 4.74 Å². The maximum atomic E-state index is 13.4. The van der Waals surface area contributed by atoms with Crippen LogP contribution in [-0.4, -0.2) is 24.4 Å². The highest BCUT2D eigenvalue weighted by Crippen LogP contribution is 2.16. The minimum absolute atomic E-state index is 0.170. The molecule has 1 atom stereocenters. The number of ether oxygens (including phenoxy) is 1. The van der Waals surface area contributed by atoms with Crippen LogP contribution in [0.3, 0.4) is 0 Å². The molecule has 0 aromatic heterocycles. The second-order valence-corrected chi connectivity index (χ2v) is 5.68. The molecular formula is C16H17BrFNO2. The molecule has 0 heterocycles. The molecule has 21 heavy (non-hydrogen) atoms. The standard InChI is InChI=1S/C16H17BrFNO2/c1-11-2-5-13(8-16(11)18)19-9-14(20)10-21-15-6-3-12(17)4-7-15/h2-8,14,19-20H,9-10H2,1H3. The van der Waals surface area contributed by atoms with E-state index in [0.717, 1.165) is 4.47 Å². The van der Waals surface area contributed by atoms with Crippen LogP contribution in [0.4, 0.5) is 10.1 Å². The Morgan fingerprint density at radius 3 is 2.62 bits per heavy atom. The molecule has 0 saturated heterocycles. The van der Waals surface area contributed by atoms with Gasteiger partial charge in [-0.25, -0.2) is 4.39 Å². The Hall–Kier alpha value is -1.59. The topological polar surface area (TPSA) is 41.5 Å². The van der Waals surface area contributed by atoms with Gasteiger partial charge in [0.25, 0.3) is 0 Å². The monoisotopic (exact) mass is 353 g/mol. The number of aliphatic hydroxyl groups excluding tert-OH is 1. The van der Waals surface area contributed by atoms with Crippen molar-refractivity contribution < 1.29 is 14.2 Å². The van der Waals surface area contributed by atoms with Crippen LogP contribution in [0.25, 0.3) is 0 Å². The fourth-order valence-corrected chi connectivity index (χ4v) is 1.98. The molecule has 5 heteroatoms. The van der Waals surface area contributed by atoms with Gasteiger partial charge < -0.3 is 15.2 Å². The molecule has 0 fully saturated rings. The van der Waals surface area contributed by atoms with Gasteiger partial charge in [0.2, 0.25) is 0 Å². The van der Waals surface area contributed by atoms with Crippen molar-refractivity contribution in [3.8, 4) is 5.75 Å². The van der Waals surface area contributed by atoms with Gasteiger partial charge in [0.05, 0.1) is 0 Å². The summed E-state index contributed by atoms with van der Waals surface area (Å²) in [6, 6.07) is 12.3. The Balaban J connectivity index is 1.77. The normalized spacial score (nSPS) is 12.0. The number of aliphatic hydroxyl groups is 1. The van der Waals surface area contributed by atoms with Gasteiger partial charge in [-0.1, -0.05) is 22.0 Å². The third-order valence-electron chi connectivity index (χ3n) is 2.97. The van der Waals surface area contributed by atoms with Crippen molar-refractivity contribution >= 4 is 21.6 Å². The minimum Gasteiger partial charge on any atom is -0.491 e. The van der Waals surface area contributed by atoms with Crippen LogP contribution in [0.5, 0.6) is 5.75 Å². The summed E-state index contributed by atoms with van der Waals surface area (Å²) in [6.45, 7) is 2.17. The largest absolute Gasteiger partial charge is 0.491 e. The molecule has 0 spiro atoms. The van der Waals surface area contributed by atoms with E-state index in [1.165, 1.54) is 6.07 Å². The van der Waals surface area contributed by atoms with Crippen molar-refractivity contribution in [1.82, 2.24) is 0 Å². The Bertz CT molecular complexity index is 589. The zero-order valence-electron chi connectivity index (χ0n) is 11.6. The van der Waals surface area contributed by atoms with E-state index >= 15 is 0 Å². The summed E-state index contributed by atoms with van der Waals surface area (Å²) in [7, 11) is 0. The average molecular weight is 354 g/mol. The summed E-state index contributed by atoms with van der Waals surface area (Å²) in [6.07, 6.45) is -0.682. The van der Waals surface area contributed by atoms with Crippen LogP contribution < -0.4 is 10.1 Å². The third kappa shape index (κ3) is 5.02. The van der Waals surface area contributed by atoms with Crippen LogP contribution in [0.1, 0.15) is 5.56 Å². The molecule has 2 aromatic rings. The Labute approximate surface area is 131 Å². The molecule has 0 amide bonds. The zero-order valence-corrected chi connectivity index (χ0v) is 13.2. The molecule has 0 aliphatic rings. The summed E-state index contributed by atoms with van der Waals surface area (Å²) in [5.41, 5.74) is 1.24. The van der Waals surface area contributed by atoms with E-state index < -0.39 is 6.10 Å². The predicted molar refractivity (Wildman–Crippen MR) is 85.3 cm³/mol. The van der Waals surface area contributed by atoms with E-state index in [-0.39, 0.29) is 12.4 Å². The van der Waals surface area contributed by atoms with Crippen molar-refractivity contribution in [2.24, 2.45) is 0 Å². The molecule has 0 radical (unpaired) electrons. The van der Waals surface area contributed by atoms with E-state index in [9.17, 15) is 9.50 Å². The molecule has 0 aliphatic heterocycles. The summed E-state index contributed by atoms with van der Waals surface area (Å²) in [5, 5.41) is 12.8. The Morgan fingerprint density at radius 1 is 1.24 bits per heavy atom. The molecule has 2 N–H and O–H groups in total. The van der Waals surface area contributed by atoms with Gasteiger partial charge >= 0.3 is 0 Å². The summed E-state index contributed by atoms with van der Waals surface area (Å²) in [5.74, 6) is 0.430. The first-order chi connectivity index (χ1) is 10.0. The van der Waals surface area contributed by atoms with Crippen molar-refractivity contribution in [3.05, 3.63) is 58.3 Å². The van der Waals surface area contributed by atoms with Crippen LogP contribution in [0.15, 0.2) is 46.9 Å². The molecule has 1 unspecified atom stereocenters. The second kappa shape index (κ2) is 7.43. The number of anilines is 1. The molecule has 2 aromatic carbocycles. The van der Waals surface area contributed by atoms with Gasteiger partial charge in [-0.15, -0.1) is 0 Å². The lowest BCUT2D eigenvalue weighted by molar-refractivity contribution is 0.117. The summed E-state index contributed by atoms with van der Waals surface area (Å²) in [4.78, 5) is 0. The number of benzene rings is 2. The number of rotatable bonds is 6. The van der Waals surface area contributed by atoms with Crippen LogP contribution in [0.2, 0.25) is 0 Å². The first-order valence-corrected chi connectivity index (χ1v) is 7.40. The molecule has 3 nitrogen and oxygen atoms in total. The number of hydrogen-bond donors (Lipinski definition) is 2. The predicted octanol–water partition coefficient (Wildman–Crippen LogP) is 3.75. The number of hydrogen-bond acceptors (Lipinski definition) is 3. The molecule has 0 bridgehead atoms. The van der Waals surface area contributed by atoms with E-state index in [1.807, 2.05) is 24.3 Å². The second-order valence-electron chi connectivity index (χ2n) is 4.76. The zero-order chi connectivity index (χ0) is 15.2. The number of nitrogens with one attached hydrogen (secondary N) is 1. The Morgan fingerprint density at radius 2 is 1.95 bits per heavy atom. The smallest absolute Gasteiger partial charge is 0.128 e. The Kier molecular flexibility index (Phi) is 5.59. The minimum atomic E-state index is -0.682. The maximum Gasteiger partial charge on any atom is 0.128 e. The van der Waals surface area contributed by atoms with Gasteiger partial charge in [0, 0.05) is 16.7 Å². The van der Waals surface area contributed by atoms with Crippen molar-refractivity contribution in [2.75, 3.05) is 18.5 Å². The van der Waals surface area contributed by atoms with Crippen LogP contribution >= 0.6 is 15.9 Å². The van der Waals surface area contributed by atoms with Crippen molar-refractivity contribution in [2.45, 2.75) is 13.0 Å². The average Bonchev–Trinajstić information content (AvgIpc) is 2.48. The molecule has 0 saturated carbocycles. The first-order valence-electron chi connectivity index (χ1n) is 6.61. The van der Waals surface area contributed by atoms with Crippen LogP contribution in [0, 0.1) is 12.7 Å². The van der Waals surface area contributed by atoms with E-state index in [2.05, 4.69) is 21.2 Å². The lowest BCUT2D eigenvalue weighted by Crippen LogP contribution is -2.26. The highest BCUT2D eigenvalue weighted by Gasteiger charge is 2.06. The van der Waals surface area contributed by atoms with Gasteiger partial charge in [-0.05, 0) is 48.9 Å². The molecule has 2 rings (SSSR count). The fraction of sp³-hybridized carbons (Fsp3) is 0.250. The molecular weight excluding hydrogens is 337 g/mol. The summed E-state index contributed by atoms with van der Waals surface area (Å²) < 4.78 is 19.8. The van der Waals surface area contributed by atoms with Gasteiger partial charge in [0.15, 0.2) is 0 Å². The number of aryl methyl sites for hydroxylation is 1. The highest BCUT2D eigenvalue weighted by atomic mass is 79.9. The third-order valence-corrected chi connectivity index (χ3v) is 3.50. The first kappa shape index (κ1) is 15.8. The van der Waals surface area contributed by atoms with E-state index in [0.29, 0.717) is 23.5 Å². The van der Waals surface area contributed by atoms with Gasteiger partial charge in [-0.3, -0.25) is 0 Å². The fourth-order valence-electron chi connectivity index (χ4n) is 1.72. The molecule has 0 aliphatic carbocycles. The summed E-state index contributed by atoms with van der Waals surface area (Å²) >= 11 is 3.34.